The topological polar surface area (TPSA) is 128 Å². The molecule has 0 unspecified atom stereocenters. The standard InChI is InChI=1S/C25H24FN7O4/c1-4-10-32-22-20(24(35)33(11-5-2)25(32)36)29-21(30-22)16-7-9-19(28-14-16)31(12-13-37-3)23(34)17-6-8-18(26)27-15-17/h4-9,14-15H,1-2,10-13H2,3H3,(H,29,30). The number of carbonyl (C=O) groups is 1. The summed E-state index contributed by atoms with van der Waals surface area (Å²) in [7, 11) is 1.51. The molecule has 0 aliphatic rings. The van der Waals surface area contributed by atoms with Crippen LogP contribution in [0.4, 0.5) is 10.2 Å². The van der Waals surface area contributed by atoms with E-state index in [1.54, 1.807) is 12.1 Å². The van der Waals surface area contributed by atoms with Crippen molar-refractivity contribution in [3.05, 3.63) is 94.3 Å². The molecule has 0 atom stereocenters. The molecule has 1 amide bonds. The van der Waals surface area contributed by atoms with E-state index in [-0.39, 0.29) is 43.0 Å². The van der Waals surface area contributed by atoms with Gasteiger partial charge in [-0.15, -0.1) is 13.2 Å². The number of halogens is 1. The summed E-state index contributed by atoms with van der Waals surface area (Å²) in [6, 6.07) is 5.73. The van der Waals surface area contributed by atoms with E-state index in [1.807, 2.05) is 0 Å². The van der Waals surface area contributed by atoms with Crippen LogP contribution < -0.4 is 16.1 Å². The normalized spacial score (nSPS) is 11.0. The summed E-state index contributed by atoms with van der Waals surface area (Å²) in [5.74, 6) is -0.479. The van der Waals surface area contributed by atoms with Gasteiger partial charge in [-0.2, -0.15) is 4.39 Å². The van der Waals surface area contributed by atoms with Gasteiger partial charge in [-0.1, -0.05) is 12.2 Å². The number of hydrogen-bond donors (Lipinski definition) is 1. The summed E-state index contributed by atoms with van der Waals surface area (Å²) in [5.41, 5.74) is 0.0174. The van der Waals surface area contributed by atoms with Gasteiger partial charge < -0.3 is 9.72 Å². The average molecular weight is 506 g/mol. The number of methoxy groups -OCH3 is 1. The average Bonchev–Trinajstić information content (AvgIpc) is 3.35. The molecule has 1 N–H and O–H groups in total. The van der Waals surface area contributed by atoms with Crippen LogP contribution in [0.1, 0.15) is 10.4 Å². The largest absolute Gasteiger partial charge is 0.383 e. The number of anilines is 1. The minimum absolute atomic E-state index is 0.0459. The first kappa shape index (κ1) is 25.4. The number of carbonyl (C=O) groups excluding carboxylic acids is 1. The highest BCUT2D eigenvalue weighted by Gasteiger charge is 2.21. The number of aromatic amines is 1. The lowest BCUT2D eigenvalue weighted by atomic mass is 10.2. The van der Waals surface area contributed by atoms with Crippen LogP contribution in [0.3, 0.4) is 0 Å². The molecule has 4 aromatic rings. The van der Waals surface area contributed by atoms with Crippen molar-refractivity contribution >= 4 is 22.9 Å². The zero-order valence-corrected chi connectivity index (χ0v) is 20.1. The van der Waals surface area contributed by atoms with Gasteiger partial charge in [0.2, 0.25) is 5.95 Å². The van der Waals surface area contributed by atoms with Crippen molar-refractivity contribution < 1.29 is 13.9 Å². The zero-order chi connectivity index (χ0) is 26.5. The first-order valence-corrected chi connectivity index (χ1v) is 11.2. The van der Waals surface area contributed by atoms with Crippen LogP contribution >= 0.6 is 0 Å². The van der Waals surface area contributed by atoms with E-state index < -0.39 is 23.1 Å². The van der Waals surface area contributed by atoms with Crippen LogP contribution in [-0.4, -0.2) is 55.2 Å². The fourth-order valence-electron chi connectivity index (χ4n) is 3.73. The van der Waals surface area contributed by atoms with Crippen LogP contribution in [0.5, 0.6) is 0 Å². The number of H-pyrrole nitrogens is 1. The SMILES string of the molecule is C=CCn1c(=O)c2[nH]c(-c3ccc(N(CCOC)C(=O)c4ccc(F)nc4)nc3)nc2n(CC=C)c1=O. The lowest BCUT2D eigenvalue weighted by Gasteiger charge is -2.21. The van der Waals surface area contributed by atoms with Gasteiger partial charge in [0.05, 0.1) is 18.7 Å². The molecule has 4 rings (SSSR count). The number of fused-ring (bicyclic) bond motifs is 1. The molecule has 11 nitrogen and oxygen atoms in total. The Morgan fingerprint density at radius 1 is 1.11 bits per heavy atom. The highest BCUT2D eigenvalue weighted by atomic mass is 19.1. The van der Waals surface area contributed by atoms with E-state index in [1.165, 1.54) is 41.0 Å². The zero-order valence-electron chi connectivity index (χ0n) is 20.1. The Bertz CT molecular complexity index is 1570. The molecule has 0 radical (unpaired) electrons. The molecule has 37 heavy (non-hydrogen) atoms. The Kier molecular flexibility index (Phi) is 7.49. The summed E-state index contributed by atoms with van der Waals surface area (Å²) in [4.78, 5) is 55.6. The summed E-state index contributed by atoms with van der Waals surface area (Å²) in [6.07, 6.45) is 5.64. The van der Waals surface area contributed by atoms with Crippen molar-refractivity contribution in [1.29, 1.82) is 0 Å². The molecule has 4 aromatic heterocycles. The van der Waals surface area contributed by atoms with Crippen molar-refractivity contribution in [2.24, 2.45) is 0 Å². The molecular formula is C25H24FN7O4. The van der Waals surface area contributed by atoms with Crippen molar-refractivity contribution in [2.75, 3.05) is 25.2 Å². The predicted octanol–water partition coefficient (Wildman–Crippen LogP) is 2.15. The maximum atomic E-state index is 13.2. The van der Waals surface area contributed by atoms with E-state index in [2.05, 4.69) is 33.1 Å². The summed E-state index contributed by atoms with van der Waals surface area (Å²) in [5, 5.41) is 0. The lowest BCUT2D eigenvalue weighted by molar-refractivity contribution is 0.0974. The molecular weight excluding hydrogens is 481 g/mol. The minimum Gasteiger partial charge on any atom is -0.383 e. The third-order valence-corrected chi connectivity index (χ3v) is 5.52. The number of nitrogens with zero attached hydrogens (tertiary/aromatic N) is 6. The Morgan fingerprint density at radius 2 is 1.86 bits per heavy atom. The Hall–Kier alpha value is -4.71. The highest BCUT2D eigenvalue weighted by Crippen LogP contribution is 2.21. The van der Waals surface area contributed by atoms with Crippen LogP contribution in [0, 0.1) is 5.95 Å². The van der Waals surface area contributed by atoms with Crippen LogP contribution in [0.15, 0.2) is 71.6 Å². The quantitative estimate of drug-likeness (QED) is 0.258. The Morgan fingerprint density at radius 3 is 2.49 bits per heavy atom. The van der Waals surface area contributed by atoms with Gasteiger partial charge in [-0.3, -0.25) is 23.6 Å². The van der Waals surface area contributed by atoms with Gasteiger partial charge in [0.15, 0.2) is 5.65 Å². The van der Waals surface area contributed by atoms with Gasteiger partial charge in [0.25, 0.3) is 11.5 Å². The predicted molar refractivity (Wildman–Crippen MR) is 136 cm³/mol. The monoisotopic (exact) mass is 505 g/mol. The summed E-state index contributed by atoms with van der Waals surface area (Å²) >= 11 is 0. The van der Waals surface area contributed by atoms with Gasteiger partial charge >= 0.3 is 5.69 Å². The summed E-state index contributed by atoms with van der Waals surface area (Å²) < 4.78 is 20.7. The minimum atomic E-state index is -0.692. The third kappa shape index (κ3) is 5.00. The molecule has 0 spiro atoms. The van der Waals surface area contributed by atoms with E-state index in [9.17, 15) is 18.8 Å². The molecule has 0 saturated carbocycles. The molecule has 0 aliphatic heterocycles. The third-order valence-electron chi connectivity index (χ3n) is 5.52. The first-order valence-electron chi connectivity index (χ1n) is 11.2. The fourth-order valence-corrected chi connectivity index (χ4v) is 3.73. The molecule has 0 bridgehead atoms. The van der Waals surface area contributed by atoms with Gasteiger partial charge in [-0.25, -0.2) is 19.7 Å². The highest BCUT2D eigenvalue weighted by molar-refractivity contribution is 6.05. The number of pyridine rings is 2. The van der Waals surface area contributed by atoms with Crippen molar-refractivity contribution in [1.82, 2.24) is 29.1 Å². The second-order valence-corrected chi connectivity index (χ2v) is 7.89. The number of allylic oxidation sites excluding steroid dienone is 2. The smallest absolute Gasteiger partial charge is 0.333 e. The maximum Gasteiger partial charge on any atom is 0.333 e. The van der Waals surface area contributed by atoms with E-state index in [4.69, 9.17) is 4.74 Å². The molecule has 0 saturated heterocycles. The molecule has 0 aromatic carbocycles. The Labute approximate surface area is 210 Å². The number of imidazole rings is 1. The lowest BCUT2D eigenvalue weighted by Crippen LogP contribution is -2.39. The van der Waals surface area contributed by atoms with Gasteiger partial charge in [0, 0.05) is 38.2 Å². The molecule has 4 heterocycles. The van der Waals surface area contributed by atoms with Gasteiger partial charge in [0.1, 0.15) is 17.2 Å². The number of ether oxygens (including phenoxy) is 1. The van der Waals surface area contributed by atoms with Crippen LogP contribution in [0.25, 0.3) is 22.6 Å². The van der Waals surface area contributed by atoms with Crippen molar-refractivity contribution in [3.8, 4) is 11.4 Å². The second kappa shape index (κ2) is 10.9. The summed E-state index contributed by atoms with van der Waals surface area (Å²) in [6.45, 7) is 7.92. The number of nitrogens with one attached hydrogen (secondary N) is 1. The number of amides is 1. The van der Waals surface area contributed by atoms with Crippen molar-refractivity contribution in [3.63, 3.8) is 0 Å². The number of rotatable bonds is 10. The van der Waals surface area contributed by atoms with E-state index in [0.717, 1.165) is 16.8 Å². The van der Waals surface area contributed by atoms with E-state index in [0.29, 0.717) is 17.2 Å². The molecule has 0 fully saturated rings. The fraction of sp³-hybridized carbons (Fsp3) is 0.200. The van der Waals surface area contributed by atoms with Crippen LogP contribution in [-0.2, 0) is 17.8 Å². The molecule has 190 valence electrons. The second-order valence-electron chi connectivity index (χ2n) is 7.89. The van der Waals surface area contributed by atoms with E-state index >= 15 is 0 Å². The van der Waals surface area contributed by atoms with Crippen LogP contribution in [0.2, 0.25) is 0 Å². The first-order chi connectivity index (χ1) is 17.9. The maximum absolute atomic E-state index is 13.2. The molecule has 12 heteroatoms. The Balaban J connectivity index is 1.73. The van der Waals surface area contributed by atoms with Crippen molar-refractivity contribution in [2.45, 2.75) is 13.1 Å². The van der Waals surface area contributed by atoms with Gasteiger partial charge in [-0.05, 0) is 24.3 Å². The number of hydrogen-bond acceptors (Lipinski definition) is 7. The molecule has 0 aliphatic carbocycles. The number of aromatic nitrogens is 6.